The average molecular weight is 236 g/mol. The molecular formula is C12H13FN2S. The molecule has 0 radical (unpaired) electrons. The van der Waals surface area contributed by atoms with Gasteiger partial charge in [-0.05, 0) is 25.5 Å². The Balaban J connectivity index is 2.11. The van der Waals surface area contributed by atoms with Crippen LogP contribution >= 0.6 is 11.3 Å². The molecule has 16 heavy (non-hydrogen) atoms. The lowest BCUT2D eigenvalue weighted by Crippen LogP contribution is -2.02. The fraction of sp³-hybridized carbons (Fsp3) is 0.250. The Morgan fingerprint density at radius 2 is 2.19 bits per heavy atom. The average Bonchev–Trinajstić information content (AvgIpc) is 2.67. The first-order chi connectivity index (χ1) is 7.68. The van der Waals surface area contributed by atoms with Crippen molar-refractivity contribution in [3.8, 4) is 0 Å². The van der Waals surface area contributed by atoms with Crippen molar-refractivity contribution in [1.82, 2.24) is 4.98 Å². The molecule has 0 atom stereocenters. The predicted molar refractivity (Wildman–Crippen MR) is 65.3 cm³/mol. The Kier molecular flexibility index (Phi) is 3.19. The van der Waals surface area contributed by atoms with Gasteiger partial charge in [-0.3, -0.25) is 0 Å². The molecule has 84 valence electrons. The maximum atomic E-state index is 13.7. The van der Waals surface area contributed by atoms with Crippen molar-refractivity contribution in [1.29, 1.82) is 0 Å². The van der Waals surface area contributed by atoms with Gasteiger partial charge >= 0.3 is 0 Å². The highest BCUT2D eigenvalue weighted by Crippen LogP contribution is 2.19. The summed E-state index contributed by atoms with van der Waals surface area (Å²) in [6, 6.07) is 5.36. The molecule has 0 unspecified atom stereocenters. The number of aromatic nitrogens is 1. The third kappa shape index (κ3) is 2.22. The molecule has 1 aromatic carbocycles. The van der Waals surface area contributed by atoms with Crippen molar-refractivity contribution in [3.05, 3.63) is 45.7 Å². The quantitative estimate of drug-likeness (QED) is 0.882. The van der Waals surface area contributed by atoms with Crippen LogP contribution in [0.4, 0.5) is 10.1 Å². The van der Waals surface area contributed by atoms with Crippen LogP contribution in [0.15, 0.2) is 23.7 Å². The highest BCUT2D eigenvalue weighted by molar-refractivity contribution is 7.09. The molecule has 2 aromatic rings. The fourth-order valence-electron chi connectivity index (χ4n) is 1.46. The van der Waals surface area contributed by atoms with Crippen molar-refractivity contribution in [2.24, 2.45) is 0 Å². The van der Waals surface area contributed by atoms with Crippen LogP contribution in [-0.4, -0.2) is 4.98 Å². The third-order valence-corrected chi connectivity index (χ3v) is 3.41. The summed E-state index contributed by atoms with van der Waals surface area (Å²) in [5.74, 6) is -0.176. The van der Waals surface area contributed by atoms with E-state index in [0.29, 0.717) is 17.8 Å². The lowest BCUT2D eigenvalue weighted by molar-refractivity contribution is 0.621. The molecular weight excluding hydrogens is 223 g/mol. The van der Waals surface area contributed by atoms with Gasteiger partial charge in [0.05, 0.1) is 23.4 Å². The van der Waals surface area contributed by atoms with Crippen molar-refractivity contribution in [3.63, 3.8) is 0 Å². The molecule has 0 aliphatic carbocycles. The molecule has 0 aliphatic heterocycles. The summed E-state index contributed by atoms with van der Waals surface area (Å²) < 4.78 is 13.7. The lowest BCUT2D eigenvalue weighted by atomic mass is 10.2. The van der Waals surface area contributed by atoms with Crippen LogP contribution in [0.2, 0.25) is 0 Å². The summed E-state index contributed by atoms with van der Waals surface area (Å²) in [4.78, 5) is 5.29. The number of hydrogen-bond donors (Lipinski definition) is 1. The number of thiazole rings is 1. The largest absolute Gasteiger partial charge is 0.378 e. The second-order valence-corrected chi connectivity index (χ2v) is 4.59. The second kappa shape index (κ2) is 4.61. The van der Waals surface area contributed by atoms with Gasteiger partial charge in [0.15, 0.2) is 0 Å². The Morgan fingerprint density at radius 3 is 2.88 bits per heavy atom. The van der Waals surface area contributed by atoms with E-state index in [4.69, 9.17) is 0 Å². The van der Waals surface area contributed by atoms with Crippen LogP contribution in [0.5, 0.6) is 0 Å². The Labute approximate surface area is 98.2 Å². The Morgan fingerprint density at radius 1 is 1.38 bits per heavy atom. The molecule has 0 fully saturated rings. The van der Waals surface area contributed by atoms with Gasteiger partial charge in [0.25, 0.3) is 0 Å². The number of nitrogens with one attached hydrogen (secondary N) is 1. The summed E-state index contributed by atoms with van der Waals surface area (Å²) in [5, 5.41) is 3.09. The van der Waals surface area contributed by atoms with E-state index in [1.807, 2.05) is 13.0 Å². The van der Waals surface area contributed by atoms with Crippen LogP contribution in [0.25, 0.3) is 0 Å². The van der Waals surface area contributed by atoms with E-state index in [1.165, 1.54) is 0 Å². The number of halogens is 1. The van der Waals surface area contributed by atoms with Crippen LogP contribution < -0.4 is 5.32 Å². The normalized spacial score (nSPS) is 10.4. The number of hydrogen-bond acceptors (Lipinski definition) is 3. The first-order valence-electron chi connectivity index (χ1n) is 5.06. The highest BCUT2D eigenvalue weighted by atomic mass is 32.1. The van der Waals surface area contributed by atoms with Gasteiger partial charge in [-0.2, -0.15) is 0 Å². The maximum absolute atomic E-state index is 13.7. The van der Waals surface area contributed by atoms with E-state index >= 15 is 0 Å². The Bertz CT molecular complexity index is 494. The van der Waals surface area contributed by atoms with Gasteiger partial charge in [0.1, 0.15) is 5.82 Å². The minimum atomic E-state index is -0.176. The molecule has 0 saturated heterocycles. The number of nitrogens with zero attached hydrogens (tertiary/aromatic N) is 1. The predicted octanol–water partition coefficient (Wildman–Crippen LogP) is 3.51. The van der Waals surface area contributed by atoms with Crippen molar-refractivity contribution < 1.29 is 4.39 Å². The minimum absolute atomic E-state index is 0.176. The van der Waals surface area contributed by atoms with Gasteiger partial charge in [0, 0.05) is 4.88 Å². The van der Waals surface area contributed by atoms with E-state index in [1.54, 1.807) is 35.9 Å². The molecule has 2 rings (SSSR count). The van der Waals surface area contributed by atoms with Crippen LogP contribution in [-0.2, 0) is 6.54 Å². The first kappa shape index (κ1) is 11.1. The van der Waals surface area contributed by atoms with E-state index in [0.717, 1.165) is 10.6 Å². The van der Waals surface area contributed by atoms with Crippen molar-refractivity contribution in [2.45, 2.75) is 20.4 Å². The molecule has 0 saturated carbocycles. The van der Waals surface area contributed by atoms with E-state index in [-0.39, 0.29) is 5.82 Å². The van der Waals surface area contributed by atoms with Gasteiger partial charge in [-0.1, -0.05) is 12.1 Å². The standard InChI is InChI=1S/C12H13FN2S/c1-8-4-3-5-10(12(8)13)14-6-11-9(2)15-7-16-11/h3-5,7,14H,6H2,1-2H3. The Hall–Kier alpha value is -1.42. The summed E-state index contributed by atoms with van der Waals surface area (Å²) in [5.41, 5.74) is 4.02. The van der Waals surface area contributed by atoms with E-state index in [9.17, 15) is 4.39 Å². The smallest absolute Gasteiger partial charge is 0.149 e. The zero-order valence-electron chi connectivity index (χ0n) is 9.25. The maximum Gasteiger partial charge on any atom is 0.149 e. The van der Waals surface area contributed by atoms with E-state index in [2.05, 4.69) is 10.3 Å². The minimum Gasteiger partial charge on any atom is -0.378 e. The number of benzene rings is 1. The SMILES string of the molecule is Cc1cccc(NCc2scnc2C)c1F. The molecule has 2 nitrogen and oxygen atoms in total. The van der Waals surface area contributed by atoms with Crippen LogP contribution in [0.3, 0.4) is 0 Å². The molecule has 0 bridgehead atoms. The zero-order valence-corrected chi connectivity index (χ0v) is 10.1. The van der Waals surface area contributed by atoms with Crippen molar-refractivity contribution in [2.75, 3.05) is 5.32 Å². The summed E-state index contributed by atoms with van der Waals surface area (Å²) in [6.07, 6.45) is 0. The van der Waals surface area contributed by atoms with Gasteiger partial charge < -0.3 is 5.32 Å². The summed E-state index contributed by atoms with van der Waals surface area (Å²) in [7, 11) is 0. The second-order valence-electron chi connectivity index (χ2n) is 3.65. The summed E-state index contributed by atoms with van der Waals surface area (Å²) in [6.45, 7) is 4.34. The zero-order chi connectivity index (χ0) is 11.5. The van der Waals surface area contributed by atoms with Gasteiger partial charge in [-0.15, -0.1) is 11.3 Å². The molecule has 1 N–H and O–H groups in total. The van der Waals surface area contributed by atoms with E-state index < -0.39 is 0 Å². The number of rotatable bonds is 3. The third-order valence-electron chi connectivity index (χ3n) is 2.48. The fourth-order valence-corrected chi connectivity index (χ4v) is 2.17. The van der Waals surface area contributed by atoms with Crippen LogP contribution in [0.1, 0.15) is 16.1 Å². The van der Waals surface area contributed by atoms with Gasteiger partial charge in [0.2, 0.25) is 0 Å². The number of aryl methyl sites for hydroxylation is 2. The molecule has 0 aliphatic rings. The molecule has 4 heteroatoms. The highest BCUT2D eigenvalue weighted by Gasteiger charge is 2.05. The molecule has 1 heterocycles. The lowest BCUT2D eigenvalue weighted by Gasteiger charge is -2.08. The van der Waals surface area contributed by atoms with Crippen molar-refractivity contribution >= 4 is 17.0 Å². The molecule has 0 amide bonds. The van der Waals surface area contributed by atoms with Gasteiger partial charge in [-0.25, -0.2) is 9.37 Å². The number of anilines is 1. The monoisotopic (exact) mass is 236 g/mol. The van der Waals surface area contributed by atoms with Crippen LogP contribution in [0, 0.1) is 19.7 Å². The first-order valence-corrected chi connectivity index (χ1v) is 5.94. The molecule has 1 aromatic heterocycles. The molecule has 0 spiro atoms. The summed E-state index contributed by atoms with van der Waals surface area (Å²) >= 11 is 1.58. The topological polar surface area (TPSA) is 24.9 Å².